The van der Waals surface area contributed by atoms with Crippen LogP contribution in [0.2, 0.25) is 0 Å². The van der Waals surface area contributed by atoms with E-state index in [9.17, 15) is 140 Å². The Morgan fingerprint density at radius 1 is 0.403 bits per heavy atom. The zero-order chi connectivity index (χ0) is 108. The van der Waals surface area contributed by atoms with E-state index in [1.807, 2.05) is 19.2 Å². The highest BCUT2D eigenvalue weighted by Crippen LogP contribution is 2.31. The van der Waals surface area contributed by atoms with Crippen LogP contribution in [0, 0.1) is 17.8 Å². The standard InChI is InChI=1S/C90H135N25O29/c1-10-44(6)72(89(142)113-28-12-15-61(113)84(137)101-47(9)75(128)105-58(37-70(122)123)81(134)103-53(90(143)144)24-26-66(93)118)111-83(136)54(32-43(4)5)107-78(131)52(23-25-65(92)117)102-80(133)57(35-67(94)119)104-73(126)45(7)99-69(121)40-97-77(130)56(34-49-39-96-41-98-49)108-82(135)59(38-71(124)125)106-74(127)46(8)100-79(132)55(33-48-19-21-50(116)22-20-48)109-85(138)62-16-11-27-112(62)87(140)64-18-14-30-115(64)88(141)63-17-13-29-114(63)86(139)60(36-68(95)120)110-76(129)51(91)31-42(2)3/h19-22,39,41-47,51-64,72,116H,10-18,23-38,40,91H2,1-9H3,(H2,92,117)(H2,93,118)(H2,94,119)(H2,95,120)(H,96,98)(H,97,130)(H,99,121)(H,100,132)(H,101,137)(H,102,133)(H,103,134)(H,104,126)(H,105,128)(H,106,127)(H,107,131)(H,108,135)(H,109,138)(H,110,129)(H,111,136)(H,122,123)(H,124,125)(H,143,144)/t44-,45-,46-,47-,51-,52-,53-,54-,55-,56-,57-,58-,59-,60-,61-,62-,63-,64-,72-/m0/s1. The molecular weight excluding hydrogens is 1900 g/mol. The summed E-state index contributed by atoms with van der Waals surface area (Å²) in [6.07, 6.45) is -2.19. The maximum Gasteiger partial charge on any atom is 0.326 e. The molecule has 0 bridgehead atoms. The second-order valence-corrected chi connectivity index (χ2v) is 37.1. The number of phenolic OH excluding ortho intramolecular Hbond substituents is 1. The molecule has 19 atom stereocenters. The van der Waals surface area contributed by atoms with Crippen LogP contribution in [0.5, 0.6) is 5.75 Å². The van der Waals surface area contributed by atoms with Crippen molar-refractivity contribution in [1.82, 2.24) is 104 Å². The number of benzene rings is 1. The largest absolute Gasteiger partial charge is 0.508 e. The number of aliphatic carboxylic acids is 3. The number of primary amides is 4. The van der Waals surface area contributed by atoms with Crippen LogP contribution in [0.1, 0.15) is 196 Å². The average molecular weight is 2030 g/mol. The zero-order valence-corrected chi connectivity index (χ0v) is 81.6. The van der Waals surface area contributed by atoms with Crippen molar-refractivity contribution in [2.75, 3.05) is 32.7 Å². The van der Waals surface area contributed by atoms with Gasteiger partial charge in [0.25, 0.3) is 0 Å². The molecule has 0 spiro atoms. The minimum absolute atomic E-state index is 0.00799. The number of hydrogen-bond acceptors (Lipinski definition) is 28. The van der Waals surface area contributed by atoms with E-state index in [0.717, 1.165) is 18.7 Å². The van der Waals surface area contributed by atoms with E-state index in [2.05, 4.69) is 79.1 Å². The van der Waals surface area contributed by atoms with Crippen LogP contribution in [0.15, 0.2) is 36.8 Å². The van der Waals surface area contributed by atoms with Crippen molar-refractivity contribution in [1.29, 1.82) is 0 Å². The number of amides is 22. The molecule has 4 aliphatic rings. The number of carbonyl (C=O) groups excluding carboxylic acids is 22. The van der Waals surface area contributed by atoms with Crippen molar-refractivity contribution in [3.05, 3.63) is 48.0 Å². The molecule has 794 valence electrons. The molecule has 0 saturated carbocycles. The van der Waals surface area contributed by atoms with E-state index < -0.39 is 333 Å². The first-order valence-corrected chi connectivity index (χ1v) is 47.4. The van der Waals surface area contributed by atoms with Gasteiger partial charge in [0.1, 0.15) is 108 Å². The Morgan fingerprint density at radius 3 is 1.28 bits per heavy atom. The summed E-state index contributed by atoms with van der Waals surface area (Å²) in [6, 6.07) is -22.2. The van der Waals surface area contributed by atoms with Crippen molar-refractivity contribution in [2.24, 2.45) is 46.4 Å². The first-order chi connectivity index (χ1) is 67.7. The molecule has 54 nitrogen and oxygen atoms in total. The van der Waals surface area contributed by atoms with Crippen LogP contribution < -0.4 is 103 Å². The summed E-state index contributed by atoms with van der Waals surface area (Å²) in [7, 11) is 0. The van der Waals surface area contributed by atoms with E-state index in [0.29, 0.717) is 24.8 Å². The molecule has 4 fully saturated rings. The lowest BCUT2D eigenvalue weighted by Crippen LogP contribution is -2.61. The highest BCUT2D eigenvalue weighted by atomic mass is 16.4. The van der Waals surface area contributed by atoms with Crippen LogP contribution in [0.25, 0.3) is 0 Å². The number of aromatic hydroxyl groups is 1. The summed E-state index contributed by atoms with van der Waals surface area (Å²) in [5.41, 5.74) is 28.2. The number of nitrogens with one attached hydrogen (secondary N) is 15. The summed E-state index contributed by atoms with van der Waals surface area (Å²) in [6.45, 7) is 12.9. The minimum atomic E-state index is -2.03. The van der Waals surface area contributed by atoms with Crippen LogP contribution in [-0.4, -0.2) is 339 Å². The number of likely N-dealkylation sites (tertiary alicyclic amines) is 4. The third kappa shape index (κ3) is 36.5. The van der Waals surface area contributed by atoms with E-state index >= 15 is 0 Å². The van der Waals surface area contributed by atoms with Gasteiger partial charge in [0.05, 0.1) is 44.6 Å². The molecular formula is C90H135N25O29. The predicted octanol–water partition coefficient (Wildman–Crippen LogP) is -8.88. The smallest absolute Gasteiger partial charge is 0.326 e. The molecule has 144 heavy (non-hydrogen) atoms. The fourth-order valence-electron chi connectivity index (χ4n) is 16.7. The van der Waals surface area contributed by atoms with Crippen LogP contribution >= 0.6 is 0 Å². The van der Waals surface area contributed by atoms with Gasteiger partial charge in [-0.1, -0.05) is 60.1 Å². The number of phenols is 1. The van der Waals surface area contributed by atoms with E-state index in [1.165, 1.54) is 58.4 Å². The van der Waals surface area contributed by atoms with Gasteiger partial charge in [-0.2, -0.15) is 0 Å². The van der Waals surface area contributed by atoms with Crippen molar-refractivity contribution in [3.63, 3.8) is 0 Å². The van der Waals surface area contributed by atoms with Crippen molar-refractivity contribution in [2.45, 2.75) is 306 Å². The highest BCUT2D eigenvalue weighted by molar-refractivity contribution is 6.04. The Balaban J connectivity index is 1.08. The van der Waals surface area contributed by atoms with E-state index in [4.69, 9.17) is 28.7 Å². The normalized spacial score (nSPS) is 18.6. The number of hydrogen-bond donors (Lipinski definition) is 24. The van der Waals surface area contributed by atoms with Crippen LogP contribution in [0.4, 0.5) is 0 Å². The highest BCUT2D eigenvalue weighted by Gasteiger charge is 2.49. The monoisotopic (exact) mass is 2030 g/mol. The third-order valence-electron chi connectivity index (χ3n) is 24.5. The Kier molecular flexibility index (Phi) is 45.7. The van der Waals surface area contributed by atoms with E-state index in [1.54, 1.807) is 27.7 Å². The molecule has 5 heterocycles. The van der Waals surface area contributed by atoms with Gasteiger partial charge >= 0.3 is 17.9 Å². The number of aromatic amines is 1. The maximum atomic E-state index is 14.7. The SMILES string of the molecule is CC[C@H](C)[C@H](NC(=O)[C@H](CC(C)C)NC(=O)[C@H](CCC(N)=O)NC(=O)[C@H](CC(N)=O)NC(=O)[C@H](C)NC(=O)CNC(=O)[C@H](Cc1cnc[nH]1)NC(=O)[C@H](CC(=O)O)NC(=O)[C@H](C)NC(=O)[C@H](Cc1ccc(O)cc1)NC(=O)[C@@H]1CCCN1C(=O)[C@@H]1CCCN1C(=O)[C@@H]1CCCN1C(=O)[C@H](CC(N)=O)NC(=O)[C@@H](N)CC(C)C)C(=O)N1CCC[C@H]1C(=O)N[C@@H](C)C(=O)N[C@@H](CC(=O)O)C(=O)N[C@@H](CCC(N)=O)C(=O)O. The van der Waals surface area contributed by atoms with Crippen LogP contribution in [-0.2, 0) is 133 Å². The number of carboxylic acid groups (broad SMARTS) is 3. The fourth-order valence-corrected chi connectivity index (χ4v) is 16.7. The lowest BCUT2D eigenvalue weighted by atomic mass is 9.95. The molecule has 1 aromatic carbocycles. The zero-order valence-electron chi connectivity index (χ0n) is 81.6. The Hall–Kier alpha value is -15.1. The summed E-state index contributed by atoms with van der Waals surface area (Å²) in [4.78, 5) is 350. The Labute approximate surface area is 827 Å². The number of aromatic nitrogens is 2. The average Bonchev–Trinajstić information content (AvgIpc) is 1.64. The molecule has 29 N–H and O–H groups in total. The van der Waals surface area contributed by atoms with Crippen LogP contribution in [0.3, 0.4) is 0 Å². The molecule has 6 rings (SSSR count). The van der Waals surface area contributed by atoms with Gasteiger partial charge in [-0.3, -0.25) is 115 Å². The molecule has 4 saturated heterocycles. The first kappa shape index (κ1) is 118. The van der Waals surface area contributed by atoms with Crippen molar-refractivity contribution in [3.8, 4) is 5.75 Å². The topological polar surface area (TPSA) is 848 Å². The van der Waals surface area contributed by atoms with Gasteiger partial charge in [0, 0.05) is 63.8 Å². The molecule has 54 heteroatoms. The maximum absolute atomic E-state index is 14.7. The number of nitrogens with zero attached hydrogens (tertiary/aromatic N) is 5. The molecule has 0 aliphatic carbocycles. The molecule has 2 aromatic rings. The van der Waals surface area contributed by atoms with E-state index in [-0.39, 0.29) is 101 Å². The summed E-state index contributed by atoms with van der Waals surface area (Å²) < 4.78 is 0. The quantitative estimate of drug-likeness (QED) is 0.0292. The number of carbonyl (C=O) groups is 25. The molecule has 22 amide bonds. The number of imidazole rings is 1. The van der Waals surface area contributed by atoms with Gasteiger partial charge in [0.2, 0.25) is 130 Å². The molecule has 0 unspecified atom stereocenters. The Morgan fingerprint density at radius 2 is 0.799 bits per heavy atom. The van der Waals surface area contributed by atoms with Crippen molar-refractivity contribution >= 4 is 148 Å². The van der Waals surface area contributed by atoms with Gasteiger partial charge in [-0.05, 0) is 133 Å². The Bertz CT molecular complexity index is 5020. The van der Waals surface area contributed by atoms with Gasteiger partial charge in [0.15, 0.2) is 0 Å². The fraction of sp³-hybridized carbons (Fsp3) is 0.622. The summed E-state index contributed by atoms with van der Waals surface area (Å²) >= 11 is 0. The number of H-pyrrole nitrogens is 1. The number of rotatable bonds is 57. The van der Waals surface area contributed by atoms with Gasteiger partial charge < -0.3 is 148 Å². The second-order valence-electron chi connectivity index (χ2n) is 37.1. The van der Waals surface area contributed by atoms with Crippen molar-refractivity contribution < 1.29 is 140 Å². The number of nitrogens with two attached hydrogens (primary N) is 5. The third-order valence-corrected chi connectivity index (χ3v) is 24.5. The summed E-state index contributed by atoms with van der Waals surface area (Å²) in [5, 5.41) is 72.4. The lowest BCUT2D eigenvalue weighted by molar-refractivity contribution is -0.151. The van der Waals surface area contributed by atoms with Gasteiger partial charge in [-0.15, -0.1) is 0 Å². The lowest BCUT2D eigenvalue weighted by Gasteiger charge is -2.35. The number of carboxylic acids is 3. The predicted molar refractivity (Wildman–Crippen MR) is 501 cm³/mol. The second kappa shape index (κ2) is 56.0. The summed E-state index contributed by atoms with van der Waals surface area (Å²) in [5.74, 6) is -28.0. The molecule has 1 aromatic heterocycles. The minimum Gasteiger partial charge on any atom is -0.508 e. The molecule has 4 aliphatic heterocycles. The molecule has 0 radical (unpaired) electrons. The first-order valence-electron chi connectivity index (χ1n) is 47.4. The van der Waals surface area contributed by atoms with Gasteiger partial charge in [-0.25, -0.2) is 9.78 Å².